The van der Waals surface area contributed by atoms with Crippen molar-refractivity contribution in [2.45, 2.75) is 18.8 Å². The first-order valence-corrected chi connectivity index (χ1v) is 10.7. The smallest absolute Gasteiger partial charge is 0.244 e. The molecule has 3 aromatic carbocycles. The molecule has 0 spiro atoms. The Balaban J connectivity index is 1.68. The first-order chi connectivity index (χ1) is 15.8. The van der Waals surface area contributed by atoms with Crippen LogP contribution in [0.5, 0.6) is 0 Å². The van der Waals surface area contributed by atoms with Crippen LogP contribution in [-0.2, 0) is 16.6 Å². The van der Waals surface area contributed by atoms with Crippen molar-refractivity contribution < 1.29 is 13.6 Å². The molecule has 2 heterocycles. The van der Waals surface area contributed by atoms with Gasteiger partial charge < -0.3 is 0 Å². The van der Waals surface area contributed by atoms with E-state index in [1.54, 1.807) is 31.5 Å². The molecule has 1 aromatic heterocycles. The fraction of sp³-hybridized carbons (Fsp3) is 0.115. The largest absolute Gasteiger partial charge is 0.273 e. The van der Waals surface area contributed by atoms with Crippen molar-refractivity contribution in [1.29, 1.82) is 0 Å². The predicted molar refractivity (Wildman–Crippen MR) is 123 cm³/mol. The number of amides is 1. The van der Waals surface area contributed by atoms with Crippen LogP contribution in [0.25, 0.3) is 11.1 Å². The number of anilines is 2. The maximum Gasteiger partial charge on any atom is 0.244 e. The number of halogens is 3. The van der Waals surface area contributed by atoms with E-state index in [0.29, 0.717) is 16.3 Å². The second-order valence-corrected chi connectivity index (χ2v) is 8.65. The summed E-state index contributed by atoms with van der Waals surface area (Å²) in [4.78, 5) is 23.8. The molecule has 0 bridgehead atoms. The zero-order chi connectivity index (χ0) is 23.2. The van der Waals surface area contributed by atoms with Gasteiger partial charge in [-0.1, -0.05) is 29.8 Å². The molecule has 4 nitrogen and oxygen atoms in total. The van der Waals surface area contributed by atoms with Gasteiger partial charge >= 0.3 is 0 Å². The summed E-state index contributed by atoms with van der Waals surface area (Å²) in [7, 11) is 0. The van der Waals surface area contributed by atoms with E-state index in [9.17, 15) is 13.6 Å². The van der Waals surface area contributed by atoms with E-state index in [2.05, 4.69) is 9.97 Å². The first-order valence-electron chi connectivity index (χ1n) is 10.3. The van der Waals surface area contributed by atoms with Crippen molar-refractivity contribution >= 4 is 29.1 Å². The van der Waals surface area contributed by atoms with Crippen LogP contribution in [0.2, 0.25) is 5.02 Å². The number of hydrogen-bond acceptors (Lipinski definition) is 3. The quantitative estimate of drug-likeness (QED) is 0.360. The van der Waals surface area contributed by atoms with E-state index in [1.165, 1.54) is 17.0 Å². The van der Waals surface area contributed by atoms with Gasteiger partial charge in [0.05, 0.1) is 11.1 Å². The molecule has 5 rings (SSSR count). The van der Waals surface area contributed by atoms with Crippen LogP contribution in [0, 0.1) is 11.6 Å². The molecule has 1 aliphatic heterocycles. The maximum absolute atomic E-state index is 13.9. The maximum atomic E-state index is 13.9. The first kappa shape index (κ1) is 21.2. The van der Waals surface area contributed by atoms with Crippen molar-refractivity contribution in [3.05, 3.63) is 107 Å². The molecule has 164 valence electrons. The Labute approximate surface area is 194 Å². The minimum absolute atomic E-state index is 0.107. The summed E-state index contributed by atoms with van der Waals surface area (Å²) >= 11 is 6.18. The second-order valence-electron chi connectivity index (χ2n) is 8.22. The molecular formula is C26H18ClF2N3O. The van der Waals surface area contributed by atoms with Gasteiger partial charge in [0.2, 0.25) is 11.9 Å². The van der Waals surface area contributed by atoms with Gasteiger partial charge in [-0.3, -0.25) is 4.79 Å². The van der Waals surface area contributed by atoms with Crippen LogP contribution >= 0.6 is 11.6 Å². The molecule has 1 amide bonds. The lowest BCUT2D eigenvalue weighted by Gasteiger charge is -2.24. The standard InChI is InChI=1S/C26H18ClF2N3O/c1-26(15-16-10-20(28)14-21(29)11-16)22-13-18(17-4-2-5-19(27)12-17)6-7-23(22)32(24(26)33)25-30-8-3-9-31-25/h2-14H,15H2,1H3. The molecule has 4 aromatic rings. The number of nitrogens with zero attached hydrogens (tertiary/aromatic N) is 3. The Morgan fingerprint density at radius 2 is 1.61 bits per heavy atom. The molecule has 0 radical (unpaired) electrons. The van der Waals surface area contributed by atoms with Crippen molar-refractivity contribution in [2.75, 3.05) is 4.90 Å². The van der Waals surface area contributed by atoms with Gasteiger partial charge in [-0.25, -0.2) is 23.6 Å². The summed E-state index contributed by atoms with van der Waals surface area (Å²) in [5, 5.41) is 0.599. The molecular weight excluding hydrogens is 444 g/mol. The predicted octanol–water partition coefficient (Wildman–Crippen LogP) is 6.25. The number of fused-ring (bicyclic) bond motifs is 1. The lowest BCUT2D eigenvalue weighted by atomic mass is 9.77. The molecule has 0 saturated heterocycles. The van der Waals surface area contributed by atoms with Gasteiger partial charge in [0.1, 0.15) is 11.6 Å². The Morgan fingerprint density at radius 1 is 0.909 bits per heavy atom. The third-order valence-electron chi connectivity index (χ3n) is 5.90. The van der Waals surface area contributed by atoms with Crippen LogP contribution in [0.4, 0.5) is 20.4 Å². The van der Waals surface area contributed by atoms with Crippen molar-refractivity contribution in [3.8, 4) is 11.1 Å². The van der Waals surface area contributed by atoms with Gasteiger partial charge in [0.25, 0.3) is 0 Å². The van der Waals surface area contributed by atoms with Gasteiger partial charge in [-0.15, -0.1) is 0 Å². The number of hydrogen-bond donors (Lipinski definition) is 0. The second kappa shape index (κ2) is 8.05. The highest BCUT2D eigenvalue weighted by Crippen LogP contribution is 2.47. The lowest BCUT2D eigenvalue weighted by molar-refractivity contribution is -0.122. The van der Waals surface area contributed by atoms with Gasteiger partial charge in [-0.05, 0) is 78.1 Å². The van der Waals surface area contributed by atoms with Crippen LogP contribution in [0.3, 0.4) is 0 Å². The Morgan fingerprint density at radius 3 is 2.30 bits per heavy atom. The van der Waals surface area contributed by atoms with E-state index in [-0.39, 0.29) is 18.3 Å². The third kappa shape index (κ3) is 3.76. The molecule has 1 aliphatic rings. The monoisotopic (exact) mass is 461 g/mol. The van der Waals surface area contributed by atoms with Gasteiger partial charge in [0, 0.05) is 23.5 Å². The Kier molecular flexibility index (Phi) is 5.17. The molecule has 0 N–H and O–H groups in total. The Hall–Kier alpha value is -3.64. The zero-order valence-electron chi connectivity index (χ0n) is 17.6. The van der Waals surface area contributed by atoms with Crippen LogP contribution in [-0.4, -0.2) is 15.9 Å². The highest BCUT2D eigenvalue weighted by molar-refractivity contribution is 6.30. The minimum Gasteiger partial charge on any atom is -0.273 e. The number of rotatable bonds is 4. The summed E-state index contributed by atoms with van der Waals surface area (Å²) in [6.07, 6.45) is 3.23. The summed E-state index contributed by atoms with van der Waals surface area (Å²) in [5.41, 5.74) is 2.42. The Bertz CT molecular complexity index is 1360. The van der Waals surface area contributed by atoms with Gasteiger partial charge in [-0.2, -0.15) is 0 Å². The lowest BCUT2D eigenvalue weighted by Crippen LogP contribution is -2.38. The average Bonchev–Trinajstić information content (AvgIpc) is 3.00. The van der Waals surface area contributed by atoms with Crippen molar-refractivity contribution in [1.82, 2.24) is 9.97 Å². The van der Waals surface area contributed by atoms with E-state index in [4.69, 9.17) is 11.6 Å². The minimum atomic E-state index is -1.09. The molecule has 0 saturated carbocycles. The molecule has 1 atom stereocenters. The molecule has 33 heavy (non-hydrogen) atoms. The van der Waals surface area contributed by atoms with E-state index < -0.39 is 17.0 Å². The van der Waals surface area contributed by atoms with E-state index in [1.807, 2.05) is 36.4 Å². The van der Waals surface area contributed by atoms with Crippen LogP contribution < -0.4 is 4.90 Å². The third-order valence-corrected chi connectivity index (χ3v) is 6.13. The number of carbonyl (C=O) groups excluding carboxylic acids is 1. The average molecular weight is 462 g/mol. The summed E-state index contributed by atoms with van der Waals surface area (Å²) in [5.74, 6) is -1.39. The summed E-state index contributed by atoms with van der Waals surface area (Å²) < 4.78 is 27.8. The van der Waals surface area contributed by atoms with Gasteiger partial charge in [0.15, 0.2) is 0 Å². The normalized spacial score (nSPS) is 17.3. The topological polar surface area (TPSA) is 46.1 Å². The SMILES string of the molecule is CC1(Cc2cc(F)cc(F)c2)C(=O)N(c2ncccn2)c2ccc(-c3cccc(Cl)c3)cc21. The van der Waals surface area contributed by atoms with Crippen molar-refractivity contribution in [3.63, 3.8) is 0 Å². The number of aromatic nitrogens is 2. The molecule has 0 fully saturated rings. The van der Waals surface area contributed by atoms with Crippen molar-refractivity contribution in [2.24, 2.45) is 0 Å². The molecule has 0 aliphatic carbocycles. The fourth-order valence-corrected chi connectivity index (χ4v) is 4.58. The van der Waals surface area contributed by atoms with E-state index >= 15 is 0 Å². The zero-order valence-corrected chi connectivity index (χ0v) is 18.4. The highest BCUT2D eigenvalue weighted by Gasteiger charge is 2.49. The molecule has 7 heteroatoms. The summed E-state index contributed by atoms with van der Waals surface area (Å²) in [6, 6.07) is 18.1. The highest BCUT2D eigenvalue weighted by atomic mass is 35.5. The van der Waals surface area contributed by atoms with E-state index in [0.717, 1.165) is 22.8 Å². The number of carbonyl (C=O) groups is 1. The van der Waals surface area contributed by atoms with Crippen LogP contribution in [0.1, 0.15) is 18.1 Å². The summed E-state index contributed by atoms with van der Waals surface area (Å²) in [6.45, 7) is 1.78. The van der Waals surface area contributed by atoms with Crippen LogP contribution in [0.15, 0.2) is 79.1 Å². The number of benzene rings is 3. The molecule has 1 unspecified atom stereocenters. The fourth-order valence-electron chi connectivity index (χ4n) is 4.39.